The Morgan fingerprint density at radius 3 is 2.68 bits per heavy atom. The number of ketones is 1. The Labute approximate surface area is 135 Å². The zero-order valence-corrected chi connectivity index (χ0v) is 14.5. The van der Waals surface area contributed by atoms with Crippen molar-refractivity contribution in [2.45, 2.75) is 72.3 Å². The Kier molecular flexibility index (Phi) is 5.11. The van der Waals surface area contributed by atoms with Crippen molar-refractivity contribution in [3.8, 4) is 0 Å². The lowest BCUT2D eigenvalue weighted by Gasteiger charge is -2.34. The van der Waals surface area contributed by atoms with E-state index in [2.05, 4.69) is 26.5 Å². The number of allylic oxidation sites excluding steroid dienone is 4. The summed E-state index contributed by atoms with van der Waals surface area (Å²) in [5.41, 5.74) is 4.32. The highest BCUT2D eigenvalue weighted by Crippen LogP contribution is 2.51. The van der Waals surface area contributed by atoms with E-state index < -0.39 is 6.10 Å². The average Bonchev–Trinajstić information content (AvgIpc) is 2.65. The van der Waals surface area contributed by atoms with Gasteiger partial charge in [-0.2, -0.15) is 0 Å². The molecule has 22 heavy (non-hydrogen) atoms. The highest BCUT2D eigenvalue weighted by atomic mass is 16.3. The minimum atomic E-state index is -0.497. The predicted octanol–water partition coefficient (Wildman–Crippen LogP) is 4.75. The summed E-state index contributed by atoms with van der Waals surface area (Å²) in [7, 11) is 0. The van der Waals surface area contributed by atoms with Crippen LogP contribution in [0.2, 0.25) is 0 Å². The molecule has 0 radical (unpaired) electrons. The third kappa shape index (κ3) is 3.43. The number of rotatable bonds is 0. The number of aliphatic hydroxyl groups is 1. The molecule has 0 unspecified atom stereocenters. The Bertz CT molecular complexity index is 534. The first-order valence-corrected chi connectivity index (χ1v) is 8.46. The molecule has 122 valence electrons. The smallest absolute Gasteiger partial charge is 0.159 e. The number of fused-ring (bicyclic) bond motifs is 1. The van der Waals surface area contributed by atoms with Crippen LogP contribution in [0.15, 0.2) is 34.9 Å². The van der Waals surface area contributed by atoms with Crippen molar-refractivity contribution >= 4 is 5.78 Å². The lowest BCUT2D eigenvalue weighted by Crippen LogP contribution is -2.29. The van der Waals surface area contributed by atoms with E-state index in [0.29, 0.717) is 12.8 Å². The molecule has 0 bridgehead atoms. The topological polar surface area (TPSA) is 37.3 Å². The first-order valence-electron chi connectivity index (χ1n) is 8.46. The second kappa shape index (κ2) is 6.54. The van der Waals surface area contributed by atoms with E-state index in [1.807, 2.05) is 13.8 Å². The van der Waals surface area contributed by atoms with Gasteiger partial charge in [-0.15, -0.1) is 0 Å². The van der Waals surface area contributed by atoms with Gasteiger partial charge >= 0.3 is 0 Å². The first-order chi connectivity index (χ1) is 10.2. The van der Waals surface area contributed by atoms with E-state index in [4.69, 9.17) is 0 Å². The van der Waals surface area contributed by atoms with Crippen LogP contribution in [0.3, 0.4) is 0 Å². The van der Waals surface area contributed by atoms with Gasteiger partial charge in [-0.05, 0) is 75.4 Å². The van der Waals surface area contributed by atoms with Crippen LogP contribution in [-0.4, -0.2) is 17.0 Å². The monoisotopic (exact) mass is 302 g/mol. The first kappa shape index (κ1) is 17.2. The zero-order chi connectivity index (χ0) is 16.5. The van der Waals surface area contributed by atoms with E-state index in [1.165, 1.54) is 5.57 Å². The molecule has 0 aromatic carbocycles. The van der Waals surface area contributed by atoms with Crippen molar-refractivity contribution in [1.82, 2.24) is 0 Å². The van der Waals surface area contributed by atoms with Crippen LogP contribution in [-0.2, 0) is 4.79 Å². The maximum absolute atomic E-state index is 12.5. The van der Waals surface area contributed by atoms with E-state index in [-0.39, 0.29) is 17.1 Å². The normalized spacial score (nSPS) is 34.0. The molecule has 0 heterocycles. The second-order valence-corrected chi connectivity index (χ2v) is 7.73. The van der Waals surface area contributed by atoms with Gasteiger partial charge in [0, 0.05) is 6.42 Å². The van der Waals surface area contributed by atoms with Crippen molar-refractivity contribution in [1.29, 1.82) is 0 Å². The van der Waals surface area contributed by atoms with E-state index in [9.17, 15) is 9.90 Å². The van der Waals surface area contributed by atoms with E-state index >= 15 is 0 Å². The zero-order valence-electron chi connectivity index (χ0n) is 14.5. The van der Waals surface area contributed by atoms with Gasteiger partial charge < -0.3 is 5.11 Å². The summed E-state index contributed by atoms with van der Waals surface area (Å²) in [6.45, 7) is 12.5. The Morgan fingerprint density at radius 2 is 2.05 bits per heavy atom. The summed E-state index contributed by atoms with van der Waals surface area (Å²) >= 11 is 0. The van der Waals surface area contributed by atoms with Gasteiger partial charge in [0.15, 0.2) is 5.78 Å². The molecule has 1 saturated carbocycles. The molecule has 0 saturated heterocycles. The maximum atomic E-state index is 12.5. The van der Waals surface area contributed by atoms with Gasteiger partial charge in [0.05, 0.1) is 6.10 Å². The molecule has 1 N–H and O–H groups in total. The summed E-state index contributed by atoms with van der Waals surface area (Å²) < 4.78 is 0. The minimum Gasteiger partial charge on any atom is -0.389 e. The molecular formula is C20H30O2. The number of carbonyl (C=O) groups is 1. The van der Waals surface area contributed by atoms with E-state index in [1.54, 1.807) is 0 Å². The van der Waals surface area contributed by atoms with Crippen LogP contribution in [0.4, 0.5) is 0 Å². The maximum Gasteiger partial charge on any atom is 0.159 e. The molecule has 2 aliphatic rings. The van der Waals surface area contributed by atoms with Gasteiger partial charge in [-0.1, -0.05) is 30.7 Å². The van der Waals surface area contributed by atoms with Gasteiger partial charge in [-0.25, -0.2) is 0 Å². The fourth-order valence-corrected chi connectivity index (χ4v) is 4.19. The average molecular weight is 302 g/mol. The van der Waals surface area contributed by atoms with Crippen molar-refractivity contribution in [2.24, 2.45) is 11.3 Å². The van der Waals surface area contributed by atoms with Crippen LogP contribution in [0, 0.1) is 11.3 Å². The quantitative estimate of drug-likeness (QED) is 0.518. The highest BCUT2D eigenvalue weighted by molar-refractivity contribution is 5.99. The summed E-state index contributed by atoms with van der Waals surface area (Å²) in [5.74, 6) is 0.540. The summed E-state index contributed by atoms with van der Waals surface area (Å²) in [6.07, 6.45) is 6.81. The van der Waals surface area contributed by atoms with Crippen LogP contribution in [0.1, 0.15) is 66.2 Å². The van der Waals surface area contributed by atoms with Gasteiger partial charge in [0.1, 0.15) is 0 Å². The lowest BCUT2D eigenvalue weighted by atomic mass is 9.71. The molecule has 0 aliphatic heterocycles. The number of Topliss-reactive ketones (excluding diaryl/α,β-unsaturated/α-hetero) is 1. The molecule has 1 fully saturated rings. The van der Waals surface area contributed by atoms with Crippen molar-refractivity contribution in [2.75, 3.05) is 0 Å². The van der Waals surface area contributed by atoms with E-state index in [0.717, 1.165) is 42.4 Å². The largest absolute Gasteiger partial charge is 0.389 e. The van der Waals surface area contributed by atoms with Gasteiger partial charge in [0.2, 0.25) is 0 Å². The van der Waals surface area contributed by atoms with Crippen LogP contribution in [0.5, 0.6) is 0 Å². The molecule has 2 heteroatoms. The lowest BCUT2D eigenvalue weighted by molar-refractivity contribution is -0.115. The van der Waals surface area contributed by atoms with Crippen molar-refractivity contribution in [3.05, 3.63) is 34.9 Å². The molecule has 2 nitrogen and oxygen atoms in total. The predicted molar refractivity (Wildman–Crippen MR) is 91.6 cm³/mol. The Morgan fingerprint density at radius 1 is 1.36 bits per heavy atom. The molecule has 3 atom stereocenters. The Hall–Kier alpha value is -1.15. The minimum absolute atomic E-state index is 0.142. The third-order valence-corrected chi connectivity index (χ3v) is 5.51. The number of hydrogen-bond donors (Lipinski definition) is 1. The van der Waals surface area contributed by atoms with Crippen LogP contribution < -0.4 is 0 Å². The van der Waals surface area contributed by atoms with Crippen molar-refractivity contribution < 1.29 is 9.90 Å². The number of aliphatic hydroxyl groups excluding tert-OH is 1. The van der Waals surface area contributed by atoms with Crippen molar-refractivity contribution in [3.63, 3.8) is 0 Å². The molecule has 0 amide bonds. The summed E-state index contributed by atoms with van der Waals surface area (Å²) in [5, 5.41) is 10.5. The molecule has 2 rings (SSSR count). The number of carbonyl (C=O) groups excluding carboxylic acids is 1. The standard InChI is InChI=1S/C20H30O2/c1-13(2)19-16-10-9-14(3)7-6-8-15(4)17(21)11-20(16,5)12-18(19)22/h7,16-17,21H,4,6,8-12H2,1-3,5H3/t16-,17+,20-/m1/s1. The second-order valence-electron chi connectivity index (χ2n) is 7.73. The van der Waals surface area contributed by atoms with Gasteiger partial charge in [0.25, 0.3) is 0 Å². The van der Waals surface area contributed by atoms with Crippen LogP contribution in [0.25, 0.3) is 0 Å². The molecule has 2 aliphatic carbocycles. The third-order valence-electron chi connectivity index (χ3n) is 5.51. The SMILES string of the molecule is C=C1CCC=C(C)CC[C@@H]2C(=C(C)C)C(=O)C[C@@]2(C)C[C@@H]1O. The van der Waals surface area contributed by atoms with Gasteiger partial charge in [-0.3, -0.25) is 4.79 Å². The molecule has 0 aromatic rings. The van der Waals surface area contributed by atoms with Crippen LogP contribution >= 0.6 is 0 Å². The Balaban J connectivity index is 2.40. The summed E-state index contributed by atoms with van der Waals surface area (Å²) in [4.78, 5) is 12.5. The molecule has 0 aromatic heterocycles. The fourth-order valence-electron chi connectivity index (χ4n) is 4.19. The molecule has 0 spiro atoms. The number of hydrogen-bond acceptors (Lipinski definition) is 2. The molecular weight excluding hydrogens is 272 g/mol. The fraction of sp³-hybridized carbons (Fsp3) is 0.650. The summed E-state index contributed by atoms with van der Waals surface area (Å²) in [6, 6.07) is 0. The highest BCUT2D eigenvalue weighted by Gasteiger charge is 2.47.